The first-order chi connectivity index (χ1) is 35.3. The van der Waals surface area contributed by atoms with E-state index in [2.05, 4.69) is 37.4 Å². The average molecular weight is 1040 g/mol. The number of aromatic amines is 1. The lowest BCUT2D eigenvalue weighted by Crippen LogP contribution is -2.58. The molecule has 2 aliphatic rings. The quantitative estimate of drug-likeness (QED) is 0.0595. The number of fused-ring (bicyclic) bond motifs is 1. The summed E-state index contributed by atoms with van der Waals surface area (Å²) in [6.45, 7) is 17.0. The molecule has 0 bridgehead atoms. The number of thiazole rings is 1. The van der Waals surface area contributed by atoms with Crippen molar-refractivity contribution in [3.05, 3.63) is 110 Å². The van der Waals surface area contributed by atoms with Gasteiger partial charge in [-0.1, -0.05) is 63.2 Å². The molecule has 5 amide bonds. The summed E-state index contributed by atoms with van der Waals surface area (Å²) >= 11 is 1.57. The molecule has 2 aromatic carbocycles. The minimum absolute atomic E-state index is 0.0337. The van der Waals surface area contributed by atoms with Gasteiger partial charge in [-0.25, -0.2) is 4.98 Å². The number of piperidine rings is 1. The van der Waals surface area contributed by atoms with Crippen molar-refractivity contribution in [3.63, 3.8) is 0 Å². The maximum absolute atomic E-state index is 14.0. The molecule has 5 N–H and O–H groups in total. The van der Waals surface area contributed by atoms with Crippen molar-refractivity contribution in [2.75, 3.05) is 59.3 Å². The molecule has 0 radical (unpaired) electrons. The van der Waals surface area contributed by atoms with Crippen LogP contribution in [0.2, 0.25) is 0 Å². The van der Waals surface area contributed by atoms with Crippen LogP contribution in [-0.2, 0) is 46.5 Å². The number of carbonyl (C=O) groups excluding carboxylic acids is 5. The number of benzene rings is 2. The summed E-state index contributed by atoms with van der Waals surface area (Å²) in [6.07, 6.45) is 0.772. The zero-order valence-corrected chi connectivity index (χ0v) is 44.7. The van der Waals surface area contributed by atoms with E-state index in [-0.39, 0.29) is 101 Å². The van der Waals surface area contributed by atoms with E-state index >= 15 is 0 Å². The number of pyridine rings is 1. The van der Waals surface area contributed by atoms with Gasteiger partial charge < -0.3 is 54.6 Å². The molecule has 398 valence electrons. The zero-order valence-electron chi connectivity index (χ0n) is 43.9. The third-order valence-electron chi connectivity index (χ3n) is 14.2. The standard InChI is InChI=1S/C55H72N8O10S/c1-33-25-34(2)59-51(67)43(33)28-57-53(69)48-37(5)63(44-12-10-9-11-42(44)48)36(4)39-17-19-61(20-18-39)47(66)31-73-24-22-71-21-23-72-30-46(65)60-50(55(6,7)8)54(70)62-29-41(64)26-45(62)52(68)56-27-38-13-15-40(16-14-38)49-35(3)58-32-74-49/h9-16,25,32,36,39,41,45,50,64H,17-24,26-31H2,1-8H3,(H,56,68)(H,57,69)(H,59,67)(H,60,65)/t36?,41-,45+,50?/m1/s1. The highest BCUT2D eigenvalue weighted by Crippen LogP contribution is 2.36. The molecule has 7 rings (SSSR count). The molecule has 18 nitrogen and oxygen atoms in total. The fourth-order valence-corrected chi connectivity index (χ4v) is 11.0. The second-order valence-corrected chi connectivity index (χ2v) is 21.4. The zero-order chi connectivity index (χ0) is 53.3. The summed E-state index contributed by atoms with van der Waals surface area (Å²) in [5.74, 6) is -1.42. The fourth-order valence-electron chi connectivity index (χ4n) is 10.1. The van der Waals surface area contributed by atoms with Gasteiger partial charge in [0.2, 0.25) is 23.6 Å². The largest absolute Gasteiger partial charge is 0.391 e. The summed E-state index contributed by atoms with van der Waals surface area (Å²) in [7, 11) is 0. The van der Waals surface area contributed by atoms with E-state index in [0.29, 0.717) is 24.2 Å². The van der Waals surface area contributed by atoms with Crippen LogP contribution in [0.4, 0.5) is 0 Å². The van der Waals surface area contributed by atoms with E-state index in [9.17, 15) is 33.9 Å². The number of nitrogens with one attached hydrogen (secondary N) is 4. The van der Waals surface area contributed by atoms with E-state index in [1.165, 1.54) is 4.90 Å². The number of ether oxygens (including phenoxy) is 3. The van der Waals surface area contributed by atoms with Gasteiger partial charge in [-0.15, -0.1) is 11.3 Å². The number of nitrogens with zero attached hydrogens (tertiary/aromatic N) is 4. The van der Waals surface area contributed by atoms with Crippen LogP contribution >= 0.6 is 11.3 Å². The normalized spacial score (nSPS) is 17.1. The van der Waals surface area contributed by atoms with Crippen LogP contribution in [0.15, 0.2) is 64.9 Å². The molecule has 5 heterocycles. The van der Waals surface area contributed by atoms with Gasteiger partial charge >= 0.3 is 0 Å². The molecule has 2 unspecified atom stereocenters. The van der Waals surface area contributed by atoms with Crippen LogP contribution in [0.3, 0.4) is 0 Å². The number of hydrogen-bond acceptors (Lipinski definition) is 12. The van der Waals surface area contributed by atoms with Crippen molar-refractivity contribution >= 4 is 51.8 Å². The lowest BCUT2D eigenvalue weighted by Gasteiger charge is -2.36. The van der Waals surface area contributed by atoms with Crippen LogP contribution in [0, 0.1) is 39.0 Å². The molecule has 4 atom stereocenters. The number of para-hydroxylation sites is 1. The first-order valence-electron chi connectivity index (χ1n) is 25.5. The summed E-state index contributed by atoms with van der Waals surface area (Å²) in [5.41, 5.74) is 8.29. The third-order valence-corrected chi connectivity index (χ3v) is 15.2. The highest BCUT2D eigenvalue weighted by molar-refractivity contribution is 7.13. The van der Waals surface area contributed by atoms with Gasteiger partial charge in [0.15, 0.2) is 0 Å². The summed E-state index contributed by atoms with van der Waals surface area (Å²) in [4.78, 5) is 91.4. The smallest absolute Gasteiger partial charge is 0.254 e. The first-order valence-corrected chi connectivity index (χ1v) is 26.3. The minimum atomic E-state index is -0.992. The van der Waals surface area contributed by atoms with E-state index < -0.39 is 35.4 Å². The number of amides is 5. The SMILES string of the molecule is Cc1cc(C)c(CNC(=O)c2c(C)n(C(C)C3CCN(C(=O)COCCOCCOCC(=O)NC(C(=O)N4C[C@H](O)C[C@H]4C(=O)NCc4ccc(-c5scnc5C)cc4)C(C)(C)C)CC3)c3ccccc23)c(=O)[nH]1. The predicted molar refractivity (Wildman–Crippen MR) is 282 cm³/mol. The molecule has 0 spiro atoms. The van der Waals surface area contributed by atoms with Crippen LogP contribution in [0.25, 0.3) is 21.3 Å². The van der Waals surface area contributed by atoms with Crippen LogP contribution in [-0.4, -0.2) is 136 Å². The highest BCUT2D eigenvalue weighted by Gasteiger charge is 2.44. The Morgan fingerprint density at radius 3 is 2.23 bits per heavy atom. The Hall–Kier alpha value is -6.25. The maximum Gasteiger partial charge on any atom is 0.254 e. The van der Waals surface area contributed by atoms with Crippen molar-refractivity contribution in [1.29, 1.82) is 0 Å². The Bertz CT molecular complexity index is 2840. The maximum atomic E-state index is 14.0. The van der Waals surface area contributed by atoms with Gasteiger partial charge in [-0.05, 0) is 87.6 Å². The third kappa shape index (κ3) is 13.5. The Labute approximate surface area is 436 Å². The van der Waals surface area contributed by atoms with Crippen LogP contribution in [0.5, 0.6) is 0 Å². The summed E-state index contributed by atoms with van der Waals surface area (Å²) in [6, 6.07) is 15.8. The summed E-state index contributed by atoms with van der Waals surface area (Å²) < 4.78 is 19.1. The van der Waals surface area contributed by atoms with Gasteiger partial charge in [0.05, 0.1) is 54.2 Å². The number of H-pyrrole nitrogens is 1. The Kier molecular flexibility index (Phi) is 18.6. The van der Waals surface area contributed by atoms with Gasteiger partial charge in [0.1, 0.15) is 25.3 Å². The number of aliphatic hydroxyl groups excluding tert-OH is 1. The number of aromatic nitrogens is 3. The molecular weight excluding hydrogens is 965 g/mol. The molecule has 0 aliphatic carbocycles. The van der Waals surface area contributed by atoms with Gasteiger partial charge in [0.25, 0.3) is 11.5 Å². The molecule has 3 aromatic heterocycles. The molecule has 5 aromatic rings. The molecular formula is C55H72N8O10S. The fraction of sp³-hybridized carbons (Fsp3) is 0.509. The molecule has 2 fully saturated rings. The van der Waals surface area contributed by atoms with E-state index in [0.717, 1.165) is 62.4 Å². The van der Waals surface area contributed by atoms with E-state index in [4.69, 9.17) is 14.2 Å². The molecule has 2 saturated heterocycles. The van der Waals surface area contributed by atoms with Crippen LogP contribution < -0.4 is 21.5 Å². The van der Waals surface area contributed by atoms with Gasteiger partial charge in [0, 0.05) is 73.0 Å². The van der Waals surface area contributed by atoms with Crippen molar-refractivity contribution in [2.24, 2.45) is 11.3 Å². The lowest BCUT2D eigenvalue weighted by molar-refractivity contribution is -0.144. The molecule has 2 aliphatic heterocycles. The van der Waals surface area contributed by atoms with Crippen molar-refractivity contribution < 1.29 is 43.3 Å². The number of aliphatic hydroxyl groups is 1. The minimum Gasteiger partial charge on any atom is -0.391 e. The number of hydrogen-bond donors (Lipinski definition) is 5. The molecule has 19 heteroatoms. The number of rotatable bonds is 21. The number of carbonyl (C=O) groups is 5. The van der Waals surface area contributed by atoms with Gasteiger partial charge in [-0.2, -0.15) is 0 Å². The first kappa shape index (κ1) is 55.5. The monoisotopic (exact) mass is 1040 g/mol. The number of likely N-dealkylation sites (tertiary alicyclic amines) is 2. The molecule has 0 saturated carbocycles. The van der Waals surface area contributed by atoms with Gasteiger partial charge in [-0.3, -0.25) is 28.8 Å². The highest BCUT2D eigenvalue weighted by atomic mass is 32.1. The van der Waals surface area contributed by atoms with Crippen LogP contribution in [0.1, 0.15) is 97.1 Å². The van der Waals surface area contributed by atoms with Crippen molar-refractivity contribution in [2.45, 2.75) is 112 Å². The van der Waals surface area contributed by atoms with Crippen molar-refractivity contribution in [3.8, 4) is 10.4 Å². The van der Waals surface area contributed by atoms with E-state index in [1.54, 1.807) is 16.8 Å². The van der Waals surface area contributed by atoms with Crippen molar-refractivity contribution in [1.82, 2.24) is 40.3 Å². The predicted octanol–water partition coefficient (Wildman–Crippen LogP) is 5.28. The Morgan fingerprint density at radius 2 is 1.57 bits per heavy atom. The Balaban J connectivity index is 0.784. The van der Waals surface area contributed by atoms with E-state index in [1.807, 2.05) is 108 Å². The molecule has 74 heavy (non-hydrogen) atoms. The second kappa shape index (κ2) is 24.9. The number of β-amino-alcohol motifs (C(OH)–C–C–N with tert-alkyl or cyclic N) is 1. The topological polar surface area (TPSA) is 227 Å². The summed E-state index contributed by atoms with van der Waals surface area (Å²) in [5, 5.41) is 20.1. The number of aryl methyl sites for hydroxylation is 3. The lowest BCUT2D eigenvalue weighted by atomic mass is 9.85. The average Bonchev–Trinajstić information content (AvgIpc) is 4.07. The second-order valence-electron chi connectivity index (χ2n) is 20.6. The Morgan fingerprint density at radius 1 is 0.892 bits per heavy atom.